The minimum Gasteiger partial charge on any atom is -0.481 e. The molecule has 0 bridgehead atoms. The van der Waals surface area contributed by atoms with Gasteiger partial charge in [0.05, 0.1) is 19.3 Å². The molecule has 1 aromatic heterocycles. The van der Waals surface area contributed by atoms with Crippen LogP contribution in [0.4, 0.5) is 0 Å². The Morgan fingerprint density at radius 2 is 2.27 bits per heavy atom. The molecule has 0 saturated heterocycles. The van der Waals surface area contributed by atoms with Gasteiger partial charge in [-0.25, -0.2) is 4.98 Å². The van der Waals surface area contributed by atoms with Gasteiger partial charge in [0.2, 0.25) is 5.88 Å². The van der Waals surface area contributed by atoms with Crippen LogP contribution < -0.4 is 10.5 Å². The summed E-state index contributed by atoms with van der Waals surface area (Å²) in [5.41, 5.74) is 7.73. The van der Waals surface area contributed by atoms with E-state index in [2.05, 4.69) is 21.9 Å². The fraction of sp³-hybridized carbons (Fsp3) is 0.600. The summed E-state index contributed by atoms with van der Waals surface area (Å²) >= 11 is 0. The third-order valence-electron chi connectivity index (χ3n) is 2.64. The van der Waals surface area contributed by atoms with E-state index in [9.17, 15) is 0 Å². The predicted molar refractivity (Wildman–Crippen MR) is 56.5 cm³/mol. The van der Waals surface area contributed by atoms with Crippen LogP contribution >= 0.6 is 0 Å². The minimum absolute atomic E-state index is 0.355. The molecular weight excluding hydrogens is 192 g/mol. The monoisotopic (exact) mass is 208 g/mol. The molecule has 1 aliphatic heterocycles. The van der Waals surface area contributed by atoms with E-state index in [-0.39, 0.29) is 0 Å². The molecule has 2 rings (SSSR count). The van der Waals surface area contributed by atoms with Crippen molar-refractivity contribution in [2.75, 3.05) is 20.7 Å². The molecule has 0 spiro atoms. The first-order valence-electron chi connectivity index (χ1n) is 5.06. The summed E-state index contributed by atoms with van der Waals surface area (Å²) in [4.78, 5) is 10.9. The zero-order valence-electron chi connectivity index (χ0n) is 9.16. The second-order valence-electron chi connectivity index (χ2n) is 3.77. The Hall–Kier alpha value is -1.20. The maximum atomic E-state index is 5.55. The van der Waals surface area contributed by atoms with E-state index in [1.165, 1.54) is 0 Å². The van der Waals surface area contributed by atoms with Crippen molar-refractivity contribution >= 4 is 0 Å². The number of nitrogens with two attached hydrogens (primary N) is 1. The number of hydrogen-bond acceptors (Lipinski definition) is 5. The Morgan fingerprint density at radius 1 is 1.47 bits per heavy atom. The molecule has 0 fully saturated rings. The largest absolute Gasteiger partial charge is 0.481 e. The Morgan fingerprint density at radius 3 is 2.93 bits per heavy atom. The molecule has 0 amide bonds. The number of rotatable bonds is 2. The van der Waals surface area contributed by atoms with Gasteiger partial charge < -0.3 is 15.4 Å². The maximum Gasteiger partial charge on any atom is 0.220 e. The number of ether oxygens (including phenoxy) is 1. The van der Waals surface area contributed by atoms with Gasteiger partial charge in [-0.3, -0.25) is 0 Å². The Bertz CT molecular complexity index is 367. The lowest BCUT2D eigenvalue weighted by Crippen LogP contribution is -2.28. The molecule has 5 nitrogen and oxygen atoms in total. The number of likely N-dealkylation sites (N-methyl/N-ethyl adjacent to an activating group) is 1. The summed E-state index contributed by atoms with van der Waals surface area (Å²) in [6.45, 7) is 2.23. The van der Waals surface area contributed by atoms with Crippen LogP contribution in [0.25, 0.3) is 0 Å². The van der Waals surface area contributed by atoms with Crippen LogP contribution in [0.5, 0.6) is 5.88 Å². The summed E-state index contributed by atoms with van der Waals surface area (Å²) in [6, 6.07) is 0. The molecule has 0 aliphatic carbocycles. The highest BCUT2D eigenvalue weighted by molar-refractivity contribution is 5.33. The van der Waals surface area contributed by atoms with E-state index in [1.807, 2.05) is 0 Å². The van der Waals surface area contributed by atoms with Crippen molar-refractivity contribution in [1.82, 2.24) is 14.9 Å². The molecule has 0 radical (unpaired) electrons. The lowest BCUT2D eigenvalue weighted by Gasteiger charge is -2.25. The van der Waals surface area contributed by atoms with Crippen LogP contribution in [0.15, 0.2) is 0 Å². The SMILES string of the molecule is COc1nc(CN)nc2c1CCN(C)C2. The molecule has 5 heteroatoms. The number of fused-ring (bicyclic) bond motifs is 1. The lowest BCUT2D eigenvalue weighted by molar-refractivity contribution is 0.296. The highest BCUT2D eigenvalue weighted by atomic mass is 16.5. The van der Waals surface area contributed by atoms with Gasteiger partial charge in [0.1, 0.15) is 5.82 Å². The zero-order valence-corrected chi connectivity index (χ0v) is 9.16. The van der Waals surface area contributed by atoms with Crippen LogP contribution in [0.3, 0.4) is 0 Å². The van der Waals surface area contributed by atoms with E-state index in [0.29, 0.717) is 18.2 Å². The first-order valence-corrected chi connectivity index (χ1v) is 5.06. The van der Waals surface area contributed by atoms with E-state index in [0.717, 1.165) is 30.8 Å². The van der Waals surface area contributed by atoms with Gasteiger partial charge in [-0.05, 0) is 13.5 Å². The summed E-state index contributed by atoms with van der Waals surface area (Å²) < 4.78 is 5.27. The van der Waals surface area contributed by atoms with Crippen LogP contribution in [-0.4, -0.2) is 35.6 Å². The van der Waals surface area contributed by atoms with Crippen molar-refractivity contribution < 1.29 is 4.74 Å². The van der Waals surface area contributed by atoms with Crippen molar-refractivity contribution in [2.45, 2.75) is 19.5 Å². The van der Waals surface area contributed by atoms with Gasteiger partial charge >= 0.3 is 0 Å². The first kappa shape index (κ1) is 10.3. The smallest absolute Gasteiger partial charge is 0.220 e. The molecule has 0 saturated carbocycles. The highest BCUT2D eigenvalue weighted by Gasteiger charge is 2.20. The third kappa shape index (κ3) is 1.93. The van der Waals surface area contributed by atoms with E-state index in [1.54, 1.807) is 7.11 Å². The molecule has 82 valence electrons. The van der Waals surface area contributed by atoms with Crippen molar-refractivity contribution in [3.05, 3.63) is 17.1 Å². The van der Waals surface area contributed by atoms with Gasteiger partial charge in [0.15, 0.2) is 0 Å². The molecule has 0 unspecified atom stereocenters. The second-order valence-corrected chi connectivity index (χ2v) is 3.77. The van der Waals surface area contributed by atoms with Gasteiger partial charge in [-0.1, -0.05) is 0 Å². The standard InChI is InChI=1S/C10H16N4O/c1-14-4-3-7-8(6-14)12-9(5-11)13-10(7)15-2/h3-6,11H2,1-2H3. The van der Waals surface area contributed by atoms with Crippen molar-refractivity contribution in [1.29, 1.82) is 0 Å². The molecule has 2 N–H and O–H groups in total. The number of aromatic nitrogens is 2. The summed E-state index contributed by atoms with van der Waals surface area (Å²) in [6.07, 6.45) is 0.944. The fourth-order valence-corrected chi connectivity index (χ4v) is 1.84. The summed E-state index contributed by atoms with van der Waals surface area (Å²) in [5, 5.41) is 0. The zero-order chi connectivity index (χ0) is 10.8. The van der Waals surface area contributed by atoms with Crippen LogP contribution in [-0.2, 0) is 19.5 Å². The summed E-state index contributed by atoms with van der Waals surface area (Å²) in [7, 11) is 3.72. The quantitative estimate of drug-likeness (QED) is 0.737. The molecule has 0 atom stereocenters. The Balaban J connectivity index is 2.44. The first-order chi connectivity index (χ1) is 7.24. The van der Waals surface area contributed by atoms with Crippen molar-refractivity contribution in [3.8, 4) is 5.88 Å². The predicted octanol–water partition coefficient (Wildman–Crippen LogP) is -0.0682. The summed E-state index contributed by atoms with van der Waals surface area (Å²) in [5.74, 6) is 1.34. The van der Waals surface area contributed by atoms with Gasteiger partial charge in [0.25, 0.3) is 0 Å². The topological polar surface area (TPSA) is 64.3 Å². The van der Waals surface area contributed by atoms with Gasteiger partial charge in [-0.15, -0.1) is 0 Å². The Labute approximate surface area is 89.3 Å². The molecule has 1 aliphatic rings. The molecular formula is C10H16N4O. The van der Waals surface area contributed by atoms with Crippen molar-refractivity contribution in [2.24, 2.45) is 5.73 Å². The second kappa shape index (κ2) is 4.12. The van der Waals surface area contributed by atoms with Crippen LogP contribution in [0.1, 0.15) is 17.1 Å². The molecule has 2 heterocycles. The van der Waals surface area contributed by atoms with E-state index >= 15 is 0 Å². The normalized spacial score (nSPS) is 16.2. The molecule has 0 aromatic carbocycles. The molecule has 1 aromatic rings. The minimum atomic E-state index is 0.355. The average molecular weight is 208 g/mol. The average Bonchev–Trinajstić information content (AvgIpc) is 2.26. The molecule has 15 heavy (non-hydrogen) atoms. The number of methoxy groups -OCH3 is 1. The highest BCUT2D eigenvalue weighted by Crippen LogP contribution is 2.24. The van der Waals surface area contributed by atoms with Gasteiger partial charge in [-0.2, -0.15) is 4.98 Å². The van der Waals surface area contributed by atoms with E-state index < -0.39 is 0 Å². The van der Waals surface area contributed by atoms with Gasteiger partial charge in [0, 0.05) is 18.7 Å². The van der Waals surface area contributed by atoms with Crippen LogP contribution in [0.2, 0.25) is 0 Å². The maximum absolute atomic E-state index is 5.55. The lowest BCUT2D eigenvalue weighted by atomic mass is 10.1. The van der Waals surface area contributed by atoms with Crippen LogP contribution in [0, 0.1) is 0 Å². The number of nitrogens with zero attached hydrogens (tertiary/aromatic N) is 3. The number of hydrogen-bond donors (Lipinski definition) is 1. The fourth-order valence-electron chi connectivity index (χ4n) is 1.84. The van der Waals surface area contributed by atoms with Crippen molar-refractivity contribution in [3.63, 3.8) is 0 Å². The third-order valence-corrected chi connectivity index (χ3v) is 2.64. The Kier molecular flexibility index (Phi) is 2.83. The van der Waals surface area contributed by atoms with E-state index in [4.69, 9.17) is 10.5 Å².